The lowest BCUT2D eigenvalue weighted by atomic mass is 10.1. The fourth-order valence-corrected chi connectivity index (χ4v) is 2.29. The van der Waals surface area contributed by atoms with E-state index < -0.39 is 0 Å². The van der Waals surface area contributed by atoms with Crippen LogP contribution in [0, 0.1) is 13.8 Å². The van der Waals surface area contributed by atoms with Gasteiger partial charge in [0.05, 0.1) is 35.8 Å². The molecule has 2 N–H and O–H groups in total. The summed E-state index contributed by atoms with van der Waals surface area (Å²) in [6.45, 7) is 4.20. The number of carbonyl (C=O) groups is 1. The van der Waals surface area contributed by atoms with Crippen molar-refractivity contribution in [1.82, 2.24) is 14.9 Å². The number of hydrogen-bond acceptors (Lipinski definition) is 3. The van der Waals surface area contributed by atoms with Crippen LogP contribution in [0.15, 0.2) is 24.5 Å². The number of aromatic nitrogens is 2. The maximum absolute atomic E-state index is 12.6. The standard InChI is InChI=1S/C15H18ClN3O2/c1-10-4-3-5-12(14(10)16)15(21)19(6-7-20)8-13-11(2)17-9-18-13/h3-5,9,20H,6-8H2,1-2H3,(H,17,18). The van der Waals surface area contributed by atoms with Crippen molar-refractivity contribution in [2.24, 2.45) is 0 Å². The normalized spacial score (nSPS) is 10.7. The Kier molecular flexibility index (Phi) is 4.98. The zero-order chi connectivity index (χ0) is 15.4. The molecular formula is C15H18ClN3O2. The average molecular weight is 308 g/mol. The predicted molar refractivity (Wildman–Crippen MR) is 81.3 cm³/mol. The smallest absolute Gasteiger partial charge is 0.255 e. The fraction of sp³-hybridized carbons (Fsp3) is 0.333. The summed E-state index contributed by atoms with van der Waals surface area (Å²) in [4.78, 5) is 21.4. The lowest BCUT2D eigenvalue weighted by Gasteiger charge is -2.22. The van der Waals surface area contributed by atoms with Gasteiger partial charge in [0.15, 0.2) is 0 Å². The Balaban J connectivity index is 2.27. The van der Waals surface area contributed by atoms with Crippen LogP contribution < -0.4 is 0 Å². The molecule has 1 aromatic carbocycles. The van der Waals surface area contributed by atoms with Gasteiger partial charge in [-0.2, -0.15) is 0 Å². The second-order valence-electron chi connectivity index (χ2n) is 4.86. The molecule has 0 fully saturated rings. The number of H-pyrrole nitrogens is 1. The van der Waals surface area contributed by atoms with Crippen LogP contribution in [0.5, 0.6) is 0 Å². The van der Waals surface area contributed by atoms with Crippen LogP contribution in [0.2, 0.25) is 5.02 Å². The van der Waals surface area contributed by atoms with Crippen molar-refractivity contribution in [3.63, 3.8) is 0 Å². The largest absolute Gasteiger partial charge is 0.395 e. The van der Waals surface area contributed by atoms with Gasteiger partial charge in [-0.1, -0.05) is 23.7 Å². The maximum atomic E-state index is 12.6. The molecule has 0 aliphatic rings. The number of carbonyl (C=O) groups excluding carboxylic acids is 1. The third-order valence-electron chi connectivity index (χ3n) is 3.35. The van der Waals surface area contributed by atoms with Crippen molar-refractivity contribution in [2.75, 3.05) is 13.2 Å². The Hall–Kier alpha value is -1.85. The molecule has 1 heterocycles. The molecule has 0 bridgehead atoms. The molecule has 21 heavy (non-hydrogen) atoms. The number of imidazole rings is 1. The van der Waals surface area contributed by atoms with Crippen LogP contribution in [0.4, 0.5) is 0 Å². The zero-order valence-electron chi connectivity index (χ0n) is 12.1. The number of nitrogens with zero attached hydrogens (tertiary/aromatic N) is 2. The summed E-state index contributed by atoms with van der Waals surface area (Å²) in [6, 6.07) is 5.35. The van der Waals surface area contributed by atoms with E-state index in [0.29, 0.717) is 17.1 Å². The number of halogens is 1. The highest BCUT2D eigenvalue weighted by atomic mass is 35.5. The average Bonchev–Trinajstić information content (AvgIpc) is 2.86. The fourth-order valence-electron chi connectivity index (χ4n) is 2.08. The molecule has 0 saturated carbocycles. The lowest BCUT2D eigenvalue weighted by Crippen LogP contribution is -2.33. The number of aliphatic hydroxyl groups excluding tert-OH is 1. The van der Waals surface area contributed by atoms with E-state index in [4.69, 9.17) is 11.6 Å². The highest BCUT2D eigenvalue weighted by Gasteiger charge is 2.20. The molecule has 112 valence electrons. The monoisotopic (exact) mass is 307 g/mol. The van der Waals surface area contributed by atoms with E-state index in [1.807, 2.05) is 19.9 Å². The second-order valence-corrected chi connectivity index (χ2v) is 5.24. The minimum atomic E-state index is -0.208. The van der Waals surface area contributed by atoms with E-state index in [2.05, 4.69) is 9.97 Å². The number of aliphatic hydroxyl groups is 1. The van der Waals surface area contributed by atoms with Crippen molar-refractivity contribution in [3.05, 3.63) is 52.1 Å². The van der Waals surface area contributed by atoms with Gasteiger partial charge in [-0.15, -0.1) is 0 Å². The van der Waals surface area contributed by atoms with Gasteiger partial charge in [-0.05, 0) is 25.5 Å². The number of amides is 1. The number of aromatic amines is 1. The number of nitrogens with one attached hydrogen (secondary N) is 1. The van der Waals surface area contributed by atoms with Gasteiger partial charge in [-0.25, -0.2) is 4.98 Å². The molecule has 1 aromatic heterocycles. The topological polar surface area (TPSA) is 69.2 Å². The third-order valence-corrected chi connectivity index (χ3v) is 3.86. The first-order chi connectivity index (χ1) is 10.0. The van der Waals surface area contributed by atoms with Crippen molar-refractivity contribution in [2.45, 2.75) is 20.4 Å². The molecule has 0 radical (unpaired) electrons. The Labute approximate surface area is 128 Å². The van der Waals surface area contributed by atoms with Crippen molar-refractivity contribution in [3.8, 4) is 0 Å². The summed E-state index contributed by atoms with van der Waals surface area (Å²) in [5.41, 5.74) is 2.97. The summed E-state index contributed by atoms with van der Waals surface area (Å²) in [6.07, 6.45) is 1.59. The summed E-state index contributed by atoms with van der Waals surface area (Å²) in [7, 11) is 0. The highest BCUT2D eigenvalue weighted by molar-refractivity contribution is 6.34. The first kappa shape index (κ1) is 15.5. The Bertz CT molecular complexity index is 640. The molecule has 0 atom stereocenters. The molecule has 5 nitrogen and oxygen atoms in total. The minimum Gasteiger partial charge on any atom is -0.395 e. The highest BCUT2D eigenvalue weighted by Crippen LogP contribution is 2.22. The Morgan fingerprint density at radius 2 is 2.19 bits per heavy atom. The van der Waals surface area contributed by atoms with Crippen LogP contribution in [-0.2, 0) is 6.54 Å². The summed E-state index contributed by atoms with van der Waals surface area (Å²) in [5.74, 6) is -0.208. The summed E-state index contributed by atoms with van der Waals surface area (Å²) < 4.78 is 0. The van der Waals surface area contributed by atoms with Gasteiger partial charge in [-0.3, -0.25) is 4.79 Å². The first-order valence-corrected chi connectivity index (χ1v) is 7.06. The van der Waals surface area contributed by atoms with E-state index in [0.717, 1.165) is 17.0 Å². The van der Waals surface area contributed by atoms with Gasteiger partial charge in [0.25, 0.3) is 5.91 Å². The van der Waals surface area contributed by atoms with Gasteiger partial charge in [0.2, 0.25) is 0 Å². The van der Waals surface area contributed by atoms with Gasteiger partial charge >= 0.3 is 0 Å². The van der Waals surface area contributed by atoms with Crippen molar-refractivity contribution >= 4 is 17.5 Å². The predicted octanol–water partition coefficient (Wildman–Crippen LogP) is 2.31. The summed E-state index contributed by atoms with van der Waals surface area (Å²) >= 11 is 6.21. The number of hydrogen-bond donors (Lipinski definition) is 2. The van der Waals surface area contributed by atoms with E-state index in [-0.39, 0.29) is 19.1 Å². The quantitative estimate of drug-likeness (QED) is 0.890. The molecule has 1 amide bonds. The number of aryl methyl sites for hydroxylation is 2. The maximum Gasteiger partial charge on any atom is 0.255 e. The van der Waals surface area contributed by atoms with Crippen molar-refractivity contribution in [1.29, 1.82) is 0 Å². The third kappa shape index (κ3) is 3.43. The second kappa shape index (κ2) is 6.74. The summed E-state index contributed by atoms with van der Waals surface area (Å²) in [5, 5.41) is 9.65. The van der Waals surface area contributed by atoms with E-state index in [9.17, 15) is 9.90 Å². The van der Waals surface area contributed by atoms with Crippen molar-refractivity contribution < 1.29 is 9.90 Å². The molecule has 0 saturated heterocycles. The SMILES string of the molecule is Cc1cccc(C(=O)N(CCO)Cc2nc[nH]c2C)c1Cl. The molecule has 0 aliphatic heterocycles. The molecular weight excluding hydrogens is 290 g/mol. The molecule has 0 spiro atoms. The number of rotatable bonds is 5. The van der Waals surface area contributed by atoms with E-state index >= 15 is 0 Å². The Morgan fingerprint density at radius 1 is 1.43 bits per heavy atom. The van der Waals surface area contributed by atoms with Gasteiger partial charge in [0.1, 0.15) is 0 Å². The van der Waals surface area contributed by atoms with E-state index in [1.54, 1.807) is 23.4 Å². The number of benzene rings is 1. The zero-order valence-corrected chi connectivity index (χ0v) is 12.8. The van der Waals surface area contributed by atoms with E-state index in [1.165, 1.54) is 0 Å². The minimum absolute atomic E-state index is 0.112. The molecule has 2 rings (SSSR count). The van der Waals surface area contributed by atoms with Crippen LogP contribution in [0.25, 0.3) is 0 Å². The molecule has 2 aromatic rings. The van der Waals surface area contributed by atoms with Crippen LogP contribution in [0.3, 0.4) is 0 Å². The van der Waals surface area contributed by atoms with Crippen LogP contribution >= 0.6 is 11.6 Å². The first-order valence-electron chi connectivity index (χ1n) is 6.68. The molecule has 0 unspecified atom stereocenters. The Morgan fingerprint density at radius 3 is 2.81 bits per heavy atom. The van der Waals surface area contributed by atoms with Gasteiger partial charge < -0.3 is 15.0 Å². The van der Waals surface area contributed by atoms with Crippen LogP contribution in [0.1, 0.15) is 27.3 Å². The van der Waals surface area contributed by atoms with Gasteiger partial charge in [0, 0.05) is 12.2 Å². The molecule has 6 heteroatoms. The lowest BCUT2D eigenvalue weighted by molar-refractivity contribution is 0.0705. The molecule has 0 aliphatic carbocycles. The van der Waals surface area contributed by atoms with Crippen LogP contribution in [-0.4, -0.2) is 39.0 Å².